The van der Waals surface area contributed by atoms with E-state index in [4.69, 9.17) is 15.2 Å². The number of rotatable bonds is 4. The standard InChI is InChI=1S/C14H16N2O2/c1-10-4-3-7-16-13(10)9-18-14-6-5-11(17-2)8-12(14)15/h3-8H,9,15H2,1-2H3. The zero-order valence-corrected chi connectivity index (χ0v) is 10.5. The number of anilines is 1. The Balaban J connectivity index is 2.09. The summed E-state index contributed by atoms with van der Waals surface area (Å²) in [6.07, 6.45) is 1.75. The zero-order valence-electron chi connectivity index (χ0n) is 10.5. The minimum Gasteiger partial charge on any atom is -0.497 e. The van der Waals surface area contributed by atoms with Gasteiger partial charge in [-0.15, -0.1) is 0 Å². The number of aryl methyl sites for hydroxylation is 1. The average Bonchev–Trinajstić information content (AvgIpc) is 2.39. The van der Waals surface area contributed by atoms with E-state index in [9.17, 15) is 0 Å². The Hall–Kier alpha value is -2.23. The van der Waals surface area contributed by atoms with Gasteiger partial charge in [-0.2, -0.15) is 0 Å². The van der Waals surface area contributed by atoms with Gasteiger partial charge in [-0.3, -0.25) is 4.98 Å². The molecule has 0 aliphatic rings. The molecule has 2 aromatic rings. The zero-order chi connectivity index (χ0) is 13.0. The number of nitrogen functional groups attached to an aromatic ring is 1. The number of hydrogen-bond acceptors (Lipinski definition) is 4. The van der Waals surface area contributed by atoms with Gasteiger partial charge in [0, 0.05) is 12.3 Å². The molecular formula is C14H16N2O2. The monoisotopic (exact) mass is 244 g/mol. The SMILES string of the molecule is COc1ccc(OCc2ncccc2C)c(N)c1. The number of ether oxygens (including phenoxy) is 2. The second-order valence-corrected chi connectivity index (χ2v) is 3.96. The van der Waals surface area contributed by atoms with E-state index in [-0.39, 0.29) is 0 Å². The van der Waals surface area contributed by atoms with Gasteiger partial charge >= 0.3 is 0 Å². The average molecular weight is 244 g/mol. The molecule has 0 saturated heterocycles. The highest BCUT2D eigenvalue weighted by Crippen LogP contribution is 2.26. The summed E-state index contributed by atoms with van der Waals surface area (Å²) in [6.45, 7) is 2.41. The number of hydrogen-bond donors (Lipinski definition) is 1. The molecule has 0 saturated carbocycles. The molecule has 0 amide bonds. The molecule has 0 unspecified atom stereocenters. The molecule has 0 bridgehead atoms. The topological polar surface area (TPSA) is 57.4 Å². The first-order valence-electron chi connectivity index (χ1n) is 5.67. The lowest BCUT2D eigenvalue weighted by atomic mass is 10.2. The molecule has 94 valence electrons. The lowest BCUT2D eigenvalue weighted by Gasteiger charge is -2.10. The number of methoxy groups -OCH3 is 1. The van der Waals surface area contributed by atoms with Gasteiger partial charge in [0.2, 0.25) is 0 Å². The Kier molecular flexibility index (Phi) is 3.67. The first-order chi connectivity index (χ1) is 8.70. The van der Waals surface area contributed by atoms with E-state index >= 15 is 0 Å². The lowest BCUT2D eigenvalue weighted by molar-refractivity contribution is 0.301. The molecule has 0 aliphatic carbocycles. The summed E-state index contributed by atoms with van der Waals surface area (Å²) in [5, 5.41) is 0. The summed E-state index contributed by atoms with van der Waals surface area (Å²) in [7, 11) is 1.60. The minimum atomic E-state index is 0.406. The quantitative estimate of drug-likeness (QED) is 0.840. The van der Waals surface area contributed by atoms with Gasteiger partial charge in [-0.25, -0.2) is 0 Å². The third-order valence-corrected chi connectivity index (χ3v) is 2.70. The van der Waals surface area contributed by atoms with Crippen LogP contribution in [0, 0.1) is 6.92 Å². The van der Waals surface area contributed by atoms with Gasteiger partial charge in [-0.05, 0) is 30.7 Å². The van der Waals surface area contributed by atoms with Crippen LogP contribution in [0.2, 0.25) is 0 Å². The third-order valence-electron chi connectivity index (χ3n) is 2.70. The summed E-state index contributed by atoms with van der Waals surface area (Å²) in [4.78, 5) is 4.27. The smallest absolute Gasteiger partial charge is 0.143 e. The van der Waals surface area contributed by atoms with Crippen LogP contribution in [0.15, 0.2) is 36.5 Å². The van der Waals surface area contributed by atoms with E-state index in [1.807, 2.05) is 25.1 Å². The Morgan fingerprint density at radius 3 is 2.78 bits per heavy atom. The molecule has 2 N–H and O–H groups in total. The second kappa shape index (κ2) is 5.40. The van der Waals surface area contributed by atoms with Crippen molar-refractivity contribution in [3.63, 3.8) is 0 Å². The normalized spacial score (nSPS) is 10.1. The van der Waals surface area contributed by atoms with Gasteiger partial charge in [0.1, 0.15) is 18.1 Å². The molecule has 0 aliphatic heterocycles. The molecule has 1 aromatic carbocycles. The fraction of sp³-hybridized carbons (Fsp3) is 0.214. The third kappa shape index (κ3) is 2.71. The van der Waals surface area contributed by atoms with Crippen LogP contribution in [0.1, 0.15) is 11.3 Å². The molecule has 0 spiro atoms. The van der Waals surface area contributed by atoms with E-state index in [1.165, 1.54) is 0 Å². The highest BCUT2D eigenvalue weighted by Gasteiger charge is 2.04. The highest BCUT2D eigenvalue weighted by atomic mass is 16.5. The Labute approximate surface area is 106 Å². The van der Waals surface area contributed by atoms with Crippen LogP contribution in [-0.4, -0.2) is 12.1 Å². The number of benzene rings is 1. The molecule has 18 heavy (non-hydrogen) atoms. The molecular weight excluding hydrogens is 228 g/mol. The molecule has 4 heteroatoms. The van der Waals surface area contributed by atoms with Crippen LogP contribution >= 0.6 is 0 Å². The molecule has 4 nitrogen and oxygen atoms in total. The molecule has 1 aromatic heterocycles. The van der Waals surface area contributed by atoms with E-state index in [0.29, 0.717) is 23.8 Å². The number of nitrogens with two attached hydrogens (primary N) is 1. The van der Waals surface area contributed by atoms with E-state index in [0.717, 1.165) is 11.3 Å². The van der Waals surface area contributed by atoms with Crippen molar-refractivity contribution < 1.29 is 9.47 Å². The number of aromatic nitrogens is 1. The van der Waals surface area contributed by atoms with Crippen molar-refractivity contribution in [1.29, 1.82) is 0 Å². The van der Waals surface area contributed by atoms with Crippen LogP contribution in [0.5, 0.6) is 11.5 Å². The lowest BCUT2D eigenvalue weighted by Crippen LogP contribution is -2.02. The van der Waals surface area contributed by atoms with Gasteiger partial charge in [0.15, 0.2) is 0 Å². The summed E-state index contributed by atoms with van der Waals surface area (Å²) >= 11 is 0. The molecule has 2 rings (SSSR count). The Morgan fingerprint density at radius 1 is 1.28 bits per heavy atom. The van der Waals surface area contributed by atoms with Crippen molar-refractivity contribution in [2.45, 2.75) is 13.5 Å². The van der Waals surface area contributed by atoms with Crippen molar-refractivity contribution in [3.8, 4) is 11.5 Å². The van der Waals surface area contributed by atoms with Gasteiger partial charge in [-0.1, -0.05) is 6.07 Å². The minimum absolute atomic E-state index is 0.406. The number of pyridine rings is 1. The Bertz CT molecular complexity index is 541. The molecule has 1 heterocycles. The van der Waals surface area contributed by atoms with Crippen molar-refractivity contribution in [1.82, 2.24) is 4.98 Å². The first-order valence-corrected chi connectivity index (χ1v) is 5.67. The maximum atomic E-state index is 5.87. The molecule has 0 fully saturated rings. The van der Waals surface area contributed by atoms with Crippen molar-refractivity contribution in [3.05, 3.63) is 47.8 Å². The van der Waals surface area contributed by atoms with E-state index < -0.39 is 0 Å². The van der Waals surface area contributed by atoms with Crippen LogP contribution < -0.4 is 15.2 Å². The Morgan fingerprint density at radius 2 is 2.11 bits per heavy atom. The maximum Gasteiger partial charge on any atom is 0.143 e. The fourth-order valence-corrected chi connectivity index (χ4v) is 1.60. The van der Waals surface area contributed by atoms with Crippen LogP contribution in [-0.2, 0) is 6.61 Å². The van der Waals surface area contributed by atoms with Gasteiger partial charge in [0.05, 0.1) is 18.5 Å². The fourth-order valence-electron chi connectivity index (χ4n) is 1.60. The van der Waals surface area contributed by atoms with Crippen molar-refractivity contribution in [2.75, 3.05) is 12.8 Å². The summed E-state index contributed by atoms with van der Waals surface area (Å²) in [5.74, 6) is 1.36. The molecule has 0 radical (unpaired) electrons. The maximum absolute atomic E-state index is 5.87. The van der Waals surface area contributed by atoms with Gasteiger partial charge in [0.25, 0.3) is 0 Å². The summed E-state index contributed by atoms with van der Waals surface area (Å²) < 4.78 is 10.7. The largest absolute Gasteiger partial charge is 0.497 e. The summed E-state index contributed by atoms with van der Waals surface area (Å²) in [6, 6.07) is 9.26. The van der Waals surface area contributed by atoms with E-state index in [1.54, 1.807) is 25.4 Å². The van der Waals surface area contributed by atoms with Crippen LogP contribution in [0.3, 0.4) is 0 Å². The van der Waals surface area contributed by atoms with Crippen LogP contribution in [0.4, 0.5) is 5.69 Å². The molecule has 0 atom stereocenters. The number of nitrogens with zero attached hydrogens (tertiary/aromatic N) is 1. The van der Waals surface area contributed by atoms with E-state index in [2.05, 4.69) is 4.98 Å². The summed E-state index contributed by atoms with van der Waals surface area (Å²) in [5.41, 5.74) is 8.44. The van der Waals surface area contributed by atoms with Crippen molar-refractivity contribution in [2.24, 2.45) is 0 Å². The van der Waals surface area contributed by atoms with Gasteiger partial charge < -0.3 is 15.2 Å². The second-order valence-electron chi connectivity index (χ2n) is 3.96. The highest BCUT2D eigenvalue weighted by molar-refractivity contribution is 5.56. The predicted octanol–water partition coefficient (Wildman–Crippen LogP) is 2.56. The van der Waals surface area contributed by atoms with Crippen molar-refractivity contribution >= 4 is 5.69 Å². The first kappa shape index (κ1) is 12.2. The van der Waals surface area contributed by atoms with Crippen LogP contribution in [0.25, 0.3) is 0 Å². The predicted molar refractivity (Wildman–Crippen MR) is 70.7 cm³/mol.